The Kier molecular flexibility index (Phi) is 26.0. The number of aliphatic hydroxyl groups excluding tert-OH is 2. The number of benzene rings is 8. The summed E-state index contributed by atoms with van der Waals surface area (Å²) in [7, 11) is 0. The van der Waals surface area contributed by atoms with Gasteiger partial charge in [0, 0.05) is 121 Å². The van der Waals surface area contributed by atoms with Crippen molar-refractivity contribution in [3.8, 4) is 0 Å². The lowest BCUT2D eigenvalue weighted by atomic mass is 10.1. The summed E-state index contributed by atoms with van der Waals surface area (Å²) in [5.41, 5.74) is 7.78. The molecule has 8 aromatic carbocycles. The van der Waals surface area contributed by atoms with Gasteiger partial charge in [-0.3, -0.25) is 14.6 Å². The van der Waals surface area contributed by atoms with Crippen LogP contribution in [0.3, 0.4) is 0 Å². The molecule has 19 heteroatoms. The molecule has 2 fully saturated rings. The van der Waals surface area contributed by atoms with E-state index in [0.29, 0.717) is 30.2 Å². The zero-order chi connectivity index (χ0) is 60.0. The van der Waals surface area contributed by atoms with E-state index in [0.717, 1.165) is 147 Å². The Morgan fingerprint density at radius 3 is 1.27 bits per heavy atom. The van der Waals surface area contributed by atoms with Gasteiger partial charge in [-0.25, -0.2) is 15.0 Å². The number of halogens is 2. The predicted molar refractivity (Wildman–Crippen MR) is 366 cm³/mol. The zero-order valence-electron chi connectivity index (χ0n) is 48.0. The van der Waals surface area contributed by atoms with Crippen molar-refractivity contribution in [3.63, 3.8) is 0 Å². The highest BCUT2D eigenvalue weighted by Gasteiger charge is 2.26. The first kappa shape index (κ1) is 66.2. The summed E-state index contributed by atoms with van der Waals surface area (Å²) in [5.74, 6) is 1.05. The molecule has 88 heavy (non-hydrogen) atoms. The number of rotatable bonds is 10. The Bertz CT molecular complexity index is 3560. The van der Waals surface area contributed by atoms with Crippen molar-refractivity contribution in [1.82, 2.24) is 20.0 Å². The van der Waals surface area contributed by atoms with Gasteiger partial charge in [-0.05, 0) is 78.9 Å². The first-order chi connectivity index (χ1) is 42.8. The molecule has 2 saturated heterocycles. The van der Waals surface area contributed by atoms with Crippen molar-refractivity contribution < 1.29 is 24.5 Å². The number of para-hydroxylation sites is 4. The van der Waals surface area contributed by atoms with Gasteiger partial charge in [0.15, 0.2) is 0 Å². The number of nitrogens with one attached hydrogen (secondary N) is 2. The van der Waals surface area contributed by atoms with Crippen LogP contribution in [0.15, 0.2) is 248 Å². The smallest absolute Gasteiger partial charge is 0.256 e. The predicted octanol–water partition coefficient (Wildman–Crippen LogP) is 14.7. The van der Waals surface area contributed by atoms with Gasteiger partial charge in [0.1, 0.15) is 16.2 Å². The first-order valence-corrected chi connectivity index (χ1v) is 32.9. The van der Waals surface area contributed by atoms with Gasteiger partial charge in [-0.15, -0.1) is 0 Å². The second-order valence-electron chi connectivity index (χ2n) is 20.1. The molecule has 0 aromatic heterocycles. The average Bonchev–Trinajstić information content (AvgIpc) is 3.74. The summed E-state index contributed by atoms with van der Waals surface area (Å²) in [5, 5.41) is 24.6. The Morgan fingerprint density at radius 1 is 0.420 bits per heavy atom. The molecule has 4 N–H and O–H groups in total. The van der Waals surface area contributed by atoms with Gasteiger partial charge in [-0.1, -0.05) is 193 Å². The van der Waals surface area contributed by atoms with Gasteiger partial charge in [0.05, 0.1) is 68.0 Å². The molecule has 14 rings (SSSR count). The van der Waals surface area contributed by atoms with Crippen molar-refractivity contribution in [1.29, 1.82) is 0 Å². The number of aliphatic imine (C=N–C) groups is 3. The molecule has 456 valence electrons. The average molecular weight is 1290 g/mol. The molecular formula is C69H72Cl2N8O5S4. The minimum absolute atomic E-state index is 0. The van der Waals surface area contributed by atoms with Crippen molar-refractivity contribution in [2.45, 2.75) is 46.6 Å². The summed E-state index contributed by atoms with van der Waals surface area (Å²) in [6, 6.07) is 64.7. The third kappa shape index (κ3) is 18.4. The van der Waals surface area contributed by atoms with E-state index >= 15 is 0 Å². The number of aliphatic hydroxyl groups is 2. The van der Waals surface area contributed by atoms with E-state index in [2.05, 4.69) is 108 Å². The highest BCUT2D eigenvalue weighted by Crippen LogP contribution is 2.44. The van der Waals surface area contributed by atoms with Gasteiger partial charge in [-0.2, -0.15) is 0 Å². The topological polar surface area (TPSA) is 147 Å². The van der Waals surface area contributed by atoms with Crippen LogP contribution in [-0.4, -0.2) is 152 Å². The quantitative estimate of drug-likeness (QED) is 0.0964. The van der Waals surface area contributed by atoms with E-state index in [1.165, 1.54) is 15.4 Å². The lowest BCUT2D eigenvalue weighted by Gasteiger charge is -2.36. The second kappa shape index (κ2) is 34.6. The molecule has 0 saturated carbocycles. The van der Waals surface area contributed by atoms with Crippen LogP contribution in [0, 0.1) is 0 Å². The van der Waals surface area contributed by atoms with E-state index in [1.54, 1.807) is 47.0 Å². The molecule has 0 radical (unpaired) electrons. The lowest BCUT2D eigenvalue weighted by Crippen LogP contribution is -2.49. The van der Waals surface area contributed by atoms with Gasteiger partial charge < -0.3 is 35.2 Å². The lowest BCUT2D eigenvalue weighted by molar-refractivity contribution is 0.0652. The van der Waals surface area contributed by atoms with E-state index in [1.807, 2.05) is 121 Å². The van der Waals surface area contributed by atoms with Gasteiger partial charge in [0.2, 0.25) is 0 Å². The summed E-state index contributed by atoms with van der Waals surface area (Å²) in [4.78, 5) is 42.2. The fraction of sp³-hybridized carbons (Fsp3) is 0.246. The highest BCUT2D eigenvalue weighted by molar-refractivity contribution is 8.00. The Balaban J connectivity index is 0.000000134. The maximum Gasteiger partial charge on any atom is 0.256 e. The van der Waals surface area contributed by atoms with E-state index in [-0.39, 0.29) is 26.5 Å². The van der Waals surface area contributed by atoms with Gasteiger partial charge in [0.25, 0.3) is 5.91 Å². The van der Waals surface area contributed by atoms with Crippen LogP contribution in [0.25, 0.3) is 0 Å². The van der Waals surface area contributed by atoms with Gasteiger partial charge >= 0.3 is 0 Å². The molecule has 6 heterocycles. The standard InChI is InChI=1S/C21H25N3O2S.2C13H8ClNS.C13H9NOS.C8H18N2O2.CH4/c25-14-16-26-15-13-23-9-11-24(12-10-23)21-17-5-1-3-7-19(17)27-20-8-4-2-6-18(20)22-21;2*14-13-9-5-1-3-7-11(9)16-12-8-4-2-6-10(12)15-13;15-13-9-5-1-3-7-11(9)16-12-8-4-2-6-10(12)14-13;11-6-8-12-7-5-10-3-1-9-2-4-10;/h1-8,25H,9-16H2;2*1-8H;1-8H,(H,14,15);9,11H,1-8H2;1H4. The van der Waals surface area contributed by atoms with Crippen LogP contribution in [0.2, 0.25) is 0 Å². The van der Waals surface area contributed by atoms with Crippen LogP contribution in [0.4, 0.5) is 22.7 Å². The third-order valence-corrected chi connectivity index (χ3v) is 19.4. The Labute approximate surface area is 544 Å². The molecule has 0 unspecified atom stereocenters. The number of amidine groups is 1. The third-order valence-electron chi connectivity index (χ3n) is 14.2. The largest absolute Gasteiger partial charge is 0.394 e. The molecular weight excluding hydrogens is 1220 g/mol. The van der Waals surface area contributed by atoms with Crippen LogP contribution in [-0.2, 0) is 9.47 Å². The Hall–Kier alpha value is -6.26. The number of hydrogen-bond donors (Lipinski definition) is 4. The van der Waals surface area contributed by atoms with E-state index in [4.69, 9.17) is 47.9 Å². The summed E-state index contributed by atoms with van der Waals surface area (Å²) < 4.78 is 10.6. The summed E-state index contributed by atoms with van der Waals surface area (Å²) in [6.45, 7) is 12.7. The molecule has 6 aliphatic heterocycles. The van der Waals surface area contributed by atoms with E-state index < -0.39 is 0 Å². The number of hydrogen-bond acceptors (Lipinski definition) is 16. The first-order valence-electron chi connectivity index (χ1n) is 28.9. The number of nitrogens with zero attached hydrogens (tertiary/aromatic N) is 6. The van der Waals surface area contributed by atoms with Crippen LogP contribution < -0.4 is 10.6 Å². The molecule has 0 bridgehead atoms. The number of fused-ring (bicyclic) bond motifs is 8. The number of anilines is 1. The monoisotopic (exact) mass is 1290 g/mol. The molecule has 13 nitrogen and oxygen atoms in total. The highest BCUT2D eigenvalue weighted by atomic mass is 35.5. The van der Waals surface area contributed by atoms with Crippen molar-refractivity contribution in [2.24, 2.45) is 15.0 Å². The molecule has 0 aliphatic carbocycles. The summed E-state index contributed by atoms with van der Waals surface area (Å²) >= 11 is 19.3. The molecule has 0 spiro atoms. The second-order valence-corrected chi connectivity index (χ2v) is 25.1. The normalized spacial score (nSPS) is 15.2. The number of piperazine rings is 2. The minimum Gasteiger partial charge on any atom is -0.394 e. The molecule has 1 amide bonds. The fourth-order valence-corrected chi connectivity index (χ4v) is 14.5. The zero-order valence-corrected chi connectivity index (χ0v) is 52.8. The van der Waals surface area contributed by atoms with Crippen molar-refractivity contribution in [3.05, 3.63) is 216 Å². The maximum absolute atomic E-state index is 11.9. The molecule has 6 aliphatic rings. The van der Waals surface area contributed by atoms with Crippen LogP contribution in [0.5, 0.6) is 0 Å². The number of carbonyl (C=O) groups excluding carboxylic acids is 1. The number of carbonyl (C=O) groups is 1. The van der Waals surface area contributed by atoms with Crippen LogP contribution in [0.1, 0.15) is 34.5 Å². The molecule has 0 atom stereocenters. The summed E-state index contributed by atoms with van der Waals surface area (Å²) in [6.07, 6.45) is 0. The van der Waals surface area contributed by atoms with Crippen molar-refractivity contribution >= 4 is 115 Å². The fourth-order valence-electron chi connectivity index (χ4n) is 9.75. The molecule has 8 aromatic rings. The Morgan fingerprint density at radius 2 is 0.784 bits per heavy atom. The van der Waals surface area contributed by atoms with Crippen molar-refractivity contribution in [2.75, 3.05) is 110 Å². The van der Waals surface area contributed by atoms with Crippen LogP contribution >= 0.6 is 70.2 Å². The van der Waals surface area contributed by atoms with E-state index in [9.17, 15) is 4.79 Å². The number of amides is 1. The number of ether oxygens (including phenoxy) is 2. The maximum atomic E-state index is 11.9. The SMILES string of the molecule is C.ClC1=Nc2ccccc2Sc2ccccc21.ClC1=Nc2ccccc2Sc2ccccc21.O=C1Nc2ccccc2Sc2ccccc21.OCCOCCN1CCN(C2=Nc3ccccc3Sc3ccccc32)CC1.OCCOCCN1CCNCC1. The minimum atomic E-state index is -0.0342.